The van der Waals surface area contributed by atoms with Crippen LogP contribution in [0.1, 0.15) is 22.3 Å². The van der Waals surface area contributed by atoms with Gasteiger partial charge in [0.2, 0.25) is 0 Å². The third kappa shape index (κ3) is 2.83. The number of hydrogen-bond donors (Lipinski definition) is 1. The van der Waals surface area contributed by atoms with Crippen molar-refractivity contribution in [3.8, 4) is 0 Å². The highest BCUT2D eigenvalue weighted by Crippen LogP contribution is 2.30. The summed E-state index contributed by atoms with van der Waals surface area (Å²) in [5.74, 6) is -0.943. The van der Waals surface area contributed by atoms with Gasteiger partial charge in [0.1, 0.15) is 5.82 Å². The number of aromatic nitrogens is 1. The maximum absolute atomic E-state index is 14.0. The lowest BCUT2D eigenvalue weighted by molar-refractivity contribution is 0.0768. The van der Waals surface area contributed by atoms with E-state index < -0.39 is 5.82 Å². The Morgan fingerprint density at radius 3 is 2.76 bits per heavy atom. The van der Waals surface area contributed by atoms with Crippen molar-refractivity contribution in [3.05, 3.63) is 76.7 Å². The number of nitrogens with one attached hydrogen (secondary N) is 1. The van der Waals surface area contributed by atoms with Gasteiger partial charge < -0.3 is 9.88 Å². The molecule has 1 aromatic heterocycles. The molecule has 3 aromatic rings. The number of hydrogen-bond acceptors (Lipinski definition) is 1. The molecule has 1 aliphatic heterocycles. The van der Waals surface area contributed by atoms with Crippen molar-refractivity contribution >= 4 is 34.0 Å². The summed E-state index contributed by atoms with van der Waals surface area (Å²) in [5.41, 5.74) is 3.40. The van der Waals surface area contributed by atoms with Gasteiger partial charge in [0.25, 0.3) is 5.91 Å². The molecule has 1 aliphatic rings. The first-order chi connectivity index (χ1) is 12.1. The fourth-order valence-corrected chi connectivity index (χ4v) is 3.54. The van der Waals surface area contributed by atoms with Crippen molar-refractivity contribution in [3.63, 3.8) is 0 Å². The highest BCUT2D eigenvalue weighted by molar-refractivity contribution is 6.33. The quantitative estimate of drug-likeness (QED) is 0.698. The summed E-state index contributed by atoms with van der Waals surface area (Å²) in [6.07, 6.45) is 4.76. The van der Waals surface area contributed by atoms with Crippen molar-refractivity contribution in [2.75, 3.05) is 13.1 Å². The first-order valence-corrected chi connectivity index (χ1v) is 8.52. The SMILES string of the molecule is O=C(c1c(F)cccc1Cl)N1CC=C(c2c[nH]c3ccccc23)CC1. The molecule has 0 saturated heterocycles. The van der Waals surface area contributed by atoms with Crippen LogP contribution in [0.3, 0.4) is 0 Å². The Balaban J connectivity index is 1.59. The van der Waals surface area contributed by atoms with Crippen LogP contribution in [-0.2, 0) is 0 Å². The van der Waals surface area contributed by atoms with Gasteiger partial charge in [-0.1, -0.05) is 41.9 Å². The summed E-state index contributed by atoms with van der Waals surface area (Å²) in [5, 5.41) is 1.32. The summed E-state index contributed by atoms with van der Waals surface area (Å²) < 4.78 is 14.0. The van der Waals surface area contributed by atoms with Crippen LogP contribution in [-0.4, -0.2) is 28.9 Å². The van der Waals surface area contributed by atoms with Crippen LogP contribution >= 0.6 is 11.6 Å². The first kappa shape index (κ1) is 15.9. The van der Waals surface area contributed by atoms with Gasteiger partial charge in [-0.2, -0.15) is 0 Å². The van der Waals surface area contributed by atoms with Gasteiger partial charge in [0.15, 0.2) is 0 Å². The second-order valence-corrected chi connectivity index (χ2v) is 6.48. The Kier molecular flexibility index (Phi) is 4.06. The number of aromatic amines is 1. The van der Waals surface area contributed by atoms with Crippen molar-refractivity contribution < 1.29 is 9.18 Å². The van der Waals surface area contributed by atoms with E-state index in [1.807, 2.05) is 30.5 Å². The van der Waals surface area contributed by atoms with E-state index in [1.54, 1.807) is 4.90 Å². The average molecular weight is 355 g/mol. The molecule has 0 fully saturated rings. The third-order valence-electron chi connectivity index (χ3n) is 4.61. The van der Waals surface area contributed by atoms with Crippen LogP contribution < -0.4 is 0 Å². The molecular weight excluding hydrogens is 339 g/mol. The summed E-state index contributed by atoms with van der Waals surface area (Å²) in [7, 11) is 0. The van der Waals surface area contributed by atoms with Crippen LogP contribution in [0.2, 0.25) is 5.02 Å². The van der Waals surface area contributed by atoms with Crippen LogP contribution in [0.5, 0.6) is 0 Å². The van der Waals surface area contributed by atoms with Crippen LogP contribution in [0, 0.1) is 5.82 Å². The molecule has 2 aromatic carbocycles. The second-order valence-electron chi connectivity index (χ2n) is 6.08. The molecule has 2 heterocycles. The molecule has 0 radical (unpaired) electrons. The van der Waals surface area contributed by atoms with Crippen LogP contribution in [0.25, 0.3) is 16.5 Å². The van der Waals surface area contributed by atoms with Crippen LogP contribution in [0.15, 0.2) is 54.7 Å². The number of carbonyl (C=O) groups is 1. The number of fused-ring (bicyclic) bond motifs is 1. The maximum atomic E-state index is 14.0. The van der Waals surface area contributed by atoms with Crippen LogP contribution in [0.4, 0.5) is 4.39 Å². The van der Waals surface area contributed by atoms with Crippen molar-refractivity contribution in [2.45, 2.75) is 6.42 Å². The number of H-pyrrole nitrogens is 1. The molecule has 0 unspecified atom stereocenters. The Morgan fingerprint density at radius 2 is 2.00 bits per heavy atom. The topological polar surface area (TPSA) is 36.1 Å². The van der Waals surface area contributed by atoms with Crippen molar-refractivity contribution in [2.24, 2.45) is 0 Å². The lowest BCUT2D eigenvalue weighted by Gasteiger charge is -2.27. The minimum atomic E-state index is -0.580. The van der Waals surface area contributed by atoms with E-state index in [0.29, 0.717) is 13.1 Å². The van der Waals surface area contributed by atoms with Crippen molar-refractivity contribution in [1.82, 2.24) is 9.88 Å². The molecule has 5 heteroatoms. The molecule has 126 valence electrons. The zero-order valence-electron chi connectivity index (χ0n) is 13.4. The fraction of sp³-hybridized carbons (Fsp3) is 0.150. The molecule has 0 spiro atoms. The summed E-state index contributed by atoms with van der Waals surface area (Å²) in [4.78, 5) is 17.5. The Morgan fingerprint density at radius 1 is 1.16 bits per heavy atom. The predicted molar refractivity (Wildman–Crippen MR) is 98.2 cm³/mol. The number of nitrogens with zero attached hydrogens (tertiary/aromatic N) is 1. The highest BCUT2D eigenvalue weighted by Gasteiger charge is 2.24. The number of rotatable bonds is 2. The van der Waals surface area contributed by atoms with E-state index in [4.69, 9.17) is 11.6 Å². The summed E-state index contributed by atoms with van der Waals surface area (Å²) in [6, 6.07) is 12.4. The molecule has 0 atom stereocenters. The second kappa shape index (κ2) is 6.37. The van der Waals surface area contributed by atoms with E-state index in [9.17, 15) is 9.18 Å². The fourth-order valence-electron chi connectivity index (χ4n) is 3.30. The lowest BCUT2D eigenvalue weighted by Crippen LogP contribution is -2.35. The first-order valence-electron chi connectivity index (χ1n) is 8.14. The third-order valence-corrected chi connectivity index (χ3v) is 4.92. The minimum absolute atomic E-state index is 0.0480. The molecular formula is C20H16ClFN2O. The van der Waals surface area contributed by atoms with Gasteiger partial charge in [0, 0.05) is 35.8 Å². The maximum Gasteiger partial charge on any atom is 0.258 e. The number of carbonyl (C=O) groups excluding carboxylic acids is 1. The molecule has 1 N–H and O–H groups in total. The zero-order chi connectivity index (χ0) is 17.4. The van der Waals surface area contributed by atoms with Gasteiger partial charge in [-0.05, 0) is 30.2 Å². The number of benzene rings is 2. The summed E-state index contributed by atoms with van der Waals surface area (Å²) >= 11 is 6.01. The molecule has 0 saturated carbocycles. The molecule has 1 amide bonds. The minimum Gasteiger partial charge on any atom is -0.361 e. The van der Waals surface area contributed by atoms with E-state index in [-0.39, 0.29) is 16.5 Å². The van der Waals surface area contributed by atoms with Gasteiger partial charge in [-0.25, -0.2) is 4.39 Å². The standard InChI is InChI=1S/C20H16ClFN2O/c21-16-5-3-6-17(22)19(16)20(25)24-10-8-13(9-11-24)15-12-23-18-7-2-1-4-14(15)18/h1-8,12,23H,9-11H2. The lowest BCUT2D eigenvalue weighted by atomic mass is 9.98. The van der Waals surface area contributed by atoms with Gasteiger partial charge >= 0.3 is 0 Å². The predicted octanol–water partition coefficient (Wildman–Crippen LogP) is 4.89. The average Bonchev–Trinajstić information content (AvgIpc) is 3.06. The Bertz CT molecular complexity index is 972. The van der Waals surface area contributed by atoms with Gasteiger partial charge in [-0.15, -0.1) is 0 Å². The summed E-state index contributed by atoms with van der Waals surface area (Å²) in [6.45, 7) is 0.979. The molecule has 4 rings (SSSR count). The Labute approximate surface area is 149 Å². The zero-order valence-corrected chi connectivity index (χ0v) is 14.2. The van der Waals surface area contributed by atoms with Gasteiger partial charge in [-0.3, -0.25) is 4.79 Å². The van der Waals surface area contributed by atoms with Crippen molar-refractivity contribution in [1.29, 1.82) is 0 Å². The molecule has 3 nitrogen and oxygen atoms in total. The van der Waals surface area contributed by atoms with Gasteiger partial charge in [0.05, 0.1) is 10.6 Å². The highest BCUT2D eigenvalue weighted by atomic mass is 35.5. The molecule has 0 aliphatic carbocycles. The number of amides is 1. The van der Waals surface area contributed by atoms with E-state index >= 15 is 0 Å². The molecule has 25 heavy (non-hydrogen) atoms. The number of halogens is 2. The van der Waals surface area contributed by atoms with E-state index in [1.165, 1.54) is 29.2 Å². The molecule has 0 bridgehead atoms. The Hall–Kier alpha value is -2.59. The monoisotopic (exact) mass is 354 g/mol. The largest absolute Gasteiger partial charge is 0.361 e. The van der Waals surface area contributed by atoms with E-state index in [0.717, 1.165) is 17.5 Å². The normalized spacial score (nSPS) is 14.6. The smallest absolute Gasteiger partial charge is 0.258 e. The number of para-hydroxylation sites is 1. The van der Waals surface area contributed by atoms with E-state index in [2.05, 4.69) is 11.1 Å².